The average Bonchev–Trinajstić information content (AvgIpc) is 2.95. The van der Waals surface area contributed by atoms with Crippen molar-refractivity contribution in [3.05, 3.63) is 70.8 Å². The van der Waals surface area contributed by atoms with E-state index in [1.54, 1.807) is 36.4 Å². The van der Waals surface area contributed by atoms with Crippen molar-refractivity contribution in [1.29, 1.82) is 0 Å². The van der Waals surface area contributed by atoms with Gasteiger partial charge in [0.25, 0.3) is 0 Å². The minimum Gasteiger partial charge on any atom is -0.342 e. The van der Waals surface area contributed by atoms with Crippen LogP contribution in [0.2, 0.25) is 5.02 Å². The molecule has 0 aliphatic carbocycles. The van der Waals surface area contributed by atoms with Gasteiger partial charge in [0.2, 0.25) is 15.8 Å². The topological polar surface area (TPSA) is 55.8 Å². The lowest BCUT2D eigenvalue weighted by Gasteiger charge is -2.36. The molecule has 0 N–H and O–H groups in total. The Morgan fingerprint density at radius 3 is 2.74 bits per heavy atom. The van der Waals surface area contributed by atoms with E-state index in [4.69, 9.17) is 21.1 Å². The van der Waals surface area contributed by atoms with Gasteiger partial charge in [-0.15, -0.1) is 0 Å². The van der Waals surface area contributed by atoms with Crippen molar-refractivity contribution >= 4 is 27.7 Å². The Bertz CT molecular complexity index is 974. The zero-order valence-corrected chi connectivity index (χ0v) is 16.4. The van der Waals surface area contributed by atoms with Gasteiger partial charge in [-0.3, -0.25) is 0 Å². The molecule has 0 spiro atoms. The Morgan fingerprint density at radius 1 is 1.22 bits per heavy atom. The Balaban J connectivity index is 1.60. The molecule has 0 aromatic heterocycles. The molecule has 2 bridgehead atoms. The first-order chi connectivity index (χ1) is 12.9. The number of sulfonamides is 1. The van der Waals surface area contributed by atoms with Crippen LogP contribution in [0.3, 0.4) is 0 Å². The molecule has 2 heterocycles. The Labute approximate surface area is 164 Å². The zero-order valence-electron chi connectivity index (χ0n) is 14.8. The van der Waals surface area contributed by atoms with Gasteiger partial charge in [-0.1, -0.05) is 47.5 Å². The first-order valence-corrected chi connectivity index (χ1v) is 10.5. The second-order valence-corrected chi connectivity index (χ2v) is 9.24. The van der Waals surface area contributed by atoms with Crippen LogP contribution in [0.25, 0.3) is 6.08 Å². The number of hydrogen-bond acceptors (Lipinski definition) is 4. The molecule has 2 atom stereocenters. The van der Waals surface area contributed by atoms with E-state index in [9.17, 15) is 8.42 Å². The Hall–Kier alpha value is -1.70. The summed E-state index contributed by atoms with van der Waals surface area (Å²) in [7, 11) is -3.61. The van der Waals surface area contributed by atoms with E-state index < -0.39 is 15.8 Å². The molecule has 2 unspecified atom stereocenters. The largest absolute Gasteiger partial charge is 0.342 e. The predicted octanol–water partition coefficient (Wildman–Crippen LogP) is 3.48. The van der Waals surface area contributed by atoms with Gasteiger partial charge >= 0.3 is 0 Å². The summed E-state index contributed by atoms with van der Waals surface area (Å²) in [6.07, 6.45) is 3.33. The van der Waals surface area contributed by atoms with Crippen molar-refractivity contribution in [3.8, 4) is 0 Å². The van der Waals surface area contributed by atoms with Gasteiger partial charge in [-0.05, 0) is 42.8 Å². The summed E-state index contributed by atoms with van der Waals surface area (Å²) in [5.41, 5.74) is 1.91. The highest BCUT2D eigenvalue weighted by molar-refractivity contribution is 7.89. The van der Waals surface area contributed by atoms with Gasteiger partial charge < -0.3 is 9.47 Å². The van der Waals surface area contributed by atoms with Crippen molar-refractivity contribution in [2.75, 3.05) is 19.7 Å². The number of aryl methyl sites for hydroxylation is 1. The number of hydrogen-bond donors (Lipinski definition) is 0. The molecule has 2 aliphatic heterocycles. The Kier molecular flexibility index (Phi) is 4.86. The first kappa shape index (κ1) is 18.7. The molecule has 4 rings (SSSR count). The predicted molar refractivity (Wildman–Crippen MR) is 104 cm³/mol. The fraction of sp³-hybridized carbons (Fsp3) is 0.300. The van der Waals surface area contributed by atoms with Crippen molar-refractivity contribution in [2.24, 2.45) is 0 Å². The van der Waals surface area contributed by atoms with Crippen LogP contribution in [-0.2, 0) is 19.5 Å². The number of morpholine rings is 1. The van der Waals surface area contributed by atoms with E-state index in [1.165, 1.54) is 4.31 Å². The highest BCUT2D eigenvalue weighted by Crippen LogP contribution is 2.35. The summed E-state index contributed by atoms with van der Waals surface area (Å²) in [4.78, 5) is 0.281. The van der Waals surface area contributed by atoms with Crippen molar-refractivity contribution in [1.82, 2.24) is 4.31 Å². The number of halogens is 1. The van der Waals surface area contributed by atoms with E-state index >= 15 is 0 Å². The van der Waals surface area contributed by atoms with E-state index in [2.05, 4.69) is 0 Å². The van der Waals surface area contributed by atoms with Crippen molar-refractivity contribution in [3.63, 3.8) is 0 Å². The van der Waals surface area contributed by atoms with Crippen LogP contribution in [0.15, 0.2) is 59.5 Å². The highest BCUT2D eigenvalue weighted by atomic mass is 35.5. The van der Waals surface area contributed by atoms with Gasteiger partial charge in [0.15, 0.2) is 0 Å². The molecular weight excluding hydrogens is 386 g/mol. The summed E-state index contributed by atoms with van der Waals surface area (Å²) < 4.78 is 39.4. The third kappa shape index (κ3) is 3.81. The van der Waals surface area contributed by atoms with Gasteiger partial charge in [-0.25, -0.2) is 8.42 Å². The quantitative estimate of drug-likeness (QED) is 0.781. The zero-order chi connectivity index (χ0) is 19.1. The Morgan fingerprint density at radius 2 is 2.00 bits per heavy atom. The third-order valence-corrected chi connectivity index (χ3v) is 6.78. The molecule has 5 nitrogen and oxygen atoms in total. The fourth-order valence-corrected chi connectivity index (χ4v) is 5.00. The molecule has 2 aromatic rings. The molecular formula is C20H20ClNO4S. The normalized spacial score (nSPS) is 25.9. The maximum atomic E-state index is 13.1. The van der Waals surface area contributed by atoms with Gasteiger partial charge in [0.05, 0.1) is 24.2 Å². The lowest BCUT2D eigenvalue weighted by Crippen LogP contribution is -2.52. The molecule has 0 radical (unpaired) electrons. The molecule has 0 saturated carbocycles. The lowest BCUT2D eigenvalue weighted by molar-refractivity contribution is -0.155. The molecule has 2 aliphatic rings. The van der Waals surface area contributed by atoms with Crippen LogP contribution < -0.4 is 0 Å². The van der Waals surface area contributed by atoms with E-state index in [-0.39, 0.29) is 24.1 Å². The average molecular weight is 406 g/mol. The molecule has 142 valence electrons. The smallest absolute Gasteiger partial charge is 0.243 e. The maximum Gasteiger partial charge on any atom is 0.243 e. The summed E-state index contributed by atoms with van der Waals surface area (Å²) in [5, 5.41) is 0.632. The van der Waals surface area contributed by atoms with Crippen molar-refractivity contribution < 1.29 is 17.9 Å². The van der Waals surface area contributed by atoms with Gasteiger partial charge in [0.1, 0.15) is 0 Å². The van der Waals surface area contributed by atoms with Crippen LogP contribution in [0.1, 0.15) is 11.1 Å². The summed E-state index contributed by atoms with van der Waals surface area (Å²) in [6, 6.07) is 14.3. The molecule has 27 heavy (non-hydrogen) atoms. The highest BCUT2D eigenvalue weighted by Gasteiger charge is 2.49. The monoisotopic (exact) mass is 405 g/mol. The van der Waals surface area contributed by atoms with E-state index in [0.717, 1.165) is 11.1 Å². The number of benzene rings is 2. The van der Waals surface area contributed by atoms with E-state index in [1.807, 2.05) is 31.2 Å². The number of ether oxygens (including phenoxy) is 2. The van der Waals surface area contributed by atoms with Crippen molar-refractivity contribution in [2.45, 2.75) is 23.7 Å². The van der Waals surface area contributed by atoms with Gasteiger partial charge in [-0.2, -0.15) is 4.31 Å². The summed E-state index contributed by atoms with van der Waals surface area (Å²) in [5.74, 6) is -1.08. The van der Waals surface area contributed by atoms with Crippen LogP contribution in [0.4, 0.5) is 0 Å². The first-order valence-electron chi connectivity index (χ1n) is 8.70. The second-order valence-electron chi connectivity index (χ2n) is 6.86. The standard InChI is InChI=1S/C20H20ClNO4S/c1-15-5-7-19(8-6-15)27(23,24)22-12-18-13-25-20(14-22,26-18)10-9-16-3-2-4-17(21)11-16/h2-11,18H,12-14H2,1H3/b10-9+. The van der Waals surface area contributed by atoms with Gasteiger partial charge in [0, 0.05) is 11.6 Å². The van der Waals surface area contributed by atoms with Crippen LogP contribution >= 0.6 is 11.6 Å². The number of nitrogens with zero attached hydrogens (tertiary/aromatic N) is 1. The van der Waals surface area contributed by atoms with Crippen LogP contribution in [-0.4, -0.2) is 44.3 Å². The number of fused-ring (bicyclic) bond motifs is 2. The summed E-state index contributed by atoms with van der Waals surface area (Å²) in [6.45, 7) is 2.67. The van der Waals surface area contributed by atoms with E-state index in [0.29, 0.717) is 11.6 Å². The minimum absolute atomic E-state index is 0.108. The summed E-state index contributed by atoms with van der Waals surface area (Å²) >= 11 is 6.02. The molecule has 2 fully saturated rings. The second kappa shape index (κ2) is 7.04. The fourth-order valence-electron chi connectivity index (χ4n) is 3.31. The molecule has 7 heteroatoms. The minimum atomic E-state index is -3.61. The molecule has 2 saturated heterocycles. The van der Waals surface area contributed by atoms with Crippen LogP contribution in [0, 0.1) is 6.92 Å². The SMILES string of the molecule is Cc1ccc(S(=O)(=O)N2CC3COC(/C=C/c4cccc(Cl)c4)(C2)O3)cc1. The number of rotatable bonds is 4. The maximum absolute atomic E-state index is 13.1. The molecule has 0 amide bonds. The lowest BCUT2D eigenvalue weighted by atomic mass is 10.1. The van der Waals surface area contributed by atoms with Crippen LogP contribution in [0.5, 0.6) is 0 Å². The third-order valence-electron chi connectivity index (χ3n) is 4.72. The molecule has 2 aromatic carbocycles.